The third-order valence-corrected chi connectivity index (χ3v) is 2.69. The molecule has 1 fully saturated rings. The largest absolute Gasteiger partial charge is 0.448 e. The van der Waals surface area contributed by atoms with Crippen LogP contribution >= 0.6 is 11.6 Å². The Hall–Kier alpha value is -0.970. The highest BCUT2D eigenvalue weighted by Crippen LogP contribution is 2.44. The maximum Gasteiger partial charge on any atom is 0.408 e. The number of carbonyl (C=O) groups is 2. The molecular formula is C11H18ClNO4. The fourth-order valence-electron chi connectivity index (χ4n) is 1.60. The van der Waals surface area contributed by atoms with Crippen LogP contribution in [0.15, 0.2) is 0 Å². The van der Waals surface area contributed by atoms with Gasteiger partial charge in [-0.25, -0.2) is 9.59 Å². The number of hydrogen-bond acceptors (Lipinski definition) is 4. The first-order valence-corrected chi connectivity index (χ1v) is 5.99. The minimum absolute atomic E-state index is 0.0331. The summed E-state index contributed by atoms with van der Waals surface area (Å²) in [6, 6.07) is -0.219. The second kappa shape index (κ2) is 4.72. The molecule has 1 aliphatic rings. The van der Waals surface area contributed by atoms with Gasteiger partial charge in [-0.05, 0) is 33.1 Å². The zero-order valence-electron chi connectivity index (χ0n) is 10.5. The van der Waals surface area contributed by atoms with Crippen LogP contribution in [0.2, 0.25) is 0 Å². The van der Waals surface area contributed by atoms with Gasteiger partial charge in [0.05, 0.1) is 0 Å². The Kier molecular flexibility index (Phi) is 3.91. The predicted octanol–water partition coefficient (Wildman–Crippen LogP) is 2.03. The molecule has 0 heterocycles. The van der Waals surface area contributed by atoms with E-state index in [0.29, 0.717) is 6.42 Å². The Labute approximate surface area is 106 Å². The van der Waals surface area contributed by atoms with E-state index in [2.05, 4.69) is 5.32 Å². The van der Waals surface area contributed by atoms with Crippen LogP contribution in [-0.4, -0.2) is 29.3 Å². The second-order valence-electron chi connectivity index (χ2n) is 5.24. The van der Waals surface area contributed by atoms with Gasteiger partial charge in [-0.2, -0.15) is 0 Å². The van der Waals surface area contributed by atoms with Crippen molar-refractivity contribution in [2.45, 2.75) is 45.3 Å². The van der Waals surface area contributed by atoms with Gasteiger partial charge in [0.25, 0.3) is 0 Å². The van der Waals surface area contributed by atoms with Crippen molar-refractivity contribution in [3.8, 4) is 0 Å². The normalized spacial score (nSPS) is 27.2. The molecule has 0 spiro atoms. The molecule has 1 saturated carbocycles. The summed E-state index contributed by atoms with van der Waals surface area (Å²) >= 11 is 5.33. The molecule has 0 aliphatic heterocycles. The van der Waals surface area contributed by atoms with E-state index < -0.39 is 23.2 Å². The first-order chi connectivity index (χ1) is 7.71. The lowest BCUT2D eigenvalue weighted by Gasteiger charge is -2.23. The van der Waals surface area contributed by atoms with Gasteiger partial charge in [-0.15, -0.1) is 0 Å². The SMILES string of the molecule is CC1CC1(NC(=O)OC(C)(C)C)C(=O)OCCl. The molecular weight excluding hydrogens is 246 g/mol. The number of alkyl carbamates (subject to hydrolysis) is 1. The van der Waals surface area contributed by atoms with E-state index in [1.54, 1.807) is 20.8 Å². The number of carbonyl (C=O) groups excluding carboxylic acids is 2. The standard InChI is InChI=1S/C11H18ClNO4/c1-7-5-11(7,8(14)16-6-12)13-9(15)17-10(2,3)4/h7H,5-6H2,1-4H3,(H,13,15). The summed E-state index contributed by atoms with van der Waals surface area (Å²) < 4.78 is 9.83. The lowest BCUT2D eigenvalue weighted by atomic mass is 10.2. The average Bonchev–Trinajstić information content (AvgIpc) is 2.74. The molecule has 6 heteroatoms. The number of alkyl halides is 1. The molecule has 1 aliphatic carbocycles. The minimum atomic E-state index is -0.961. The van der Waals surface area contributed by atoms with Crippen molar-refractivity contribution in [3.05, 3.63) is 0 Å². The van der Waals surface area contributed by atoms with Crippen LogP contribution in [0.5, 0.6) is 0 Å². The van der Waals surface area contributed by atoms with Crippen LogP contribution < -0.4 is 5.32 Å². The van der Waals surface area contributed by atoms with Crippen LogP contribution in [0, 0.1) is 5.92 Å². The molecule has 5 nitrogen and oxygen atoms in total. The molecule has 0 saturated heterocycles. The summed E-state index contributed by atoms with van der Waals surface area (Å²) in [6.45, 7) is 7.12. The summed E-state index contributed by atoms with van der Waals surface area (Å²) in [5.41, 5.74) is -1.56. The van der Waals surface area contributed by atoms with Crippen molar-refractivity contribution in [1.29, 1.82) is 0 Å². The van der Waals surface area contributed by atoms with Crippen molar-refractivity contribution in [1.82, 2.24) is 5.32 Å². The lowest BCUT2D eigenvalue weighted by molar-refractivity contribution is -0.145. The van der Waals surface area contributed by atoms with Crippen LogP contribution in [0.4, 0.5) is 4.79 Å². The average molecular weight is 264 g/mol. The minimum Gasteiger partial charge on any atom is -0.448 e. The Morgan fingerprint density at radius 3 is 2.35 bits per heavy atom. The van der Waals surface area contributed by atoms with E-state index in [0.717, 1.165) is 0 Å². The number of halogens is 1. The van der Waals surface area contributed by atoms with Crippen molar-refractivity contribution in [2.24, 2.45) is 5.92 Å². The Bertz CT molecular complexity index is 326. The van der Waals surface area contributed by atoms with Gasteiger partial charge in [0.15, 0.2) is 6.07 Å². The monoisotopic (exact) mass is 263 g/mol. The second-order valence-corrected chi connectivity index (χ2v) is 5.46. The van der Waals surface area contributed by atoms with Crippen LogP contribution in [0.1, 0.15) is 34.1 Å². The van der Waals surface area contributed by atoms with Crippen molar-refractivity contribution in [2.75, 3.05) is 6.07 Å². The predicted molar refractivity (Wildman–Crippen MR) is 62.7 cm³/mol. The Morgan fingerprint density at radius 2 is 2.00 bits per heavy atom. The van der Waals surface area contributed by atoms with Gasteiger partial charge >= 0.3 is 12.1 Å². The highest BCUT2D eigenvalue weighted by atomic mass is 35.5. The Morgan fingerprint density at radius 1 is 1.47 bits per heavy atom. The molecule has 0 aromatic rings. The molecule has 0 aromatic carbocycles. The number of nitrogens with one attached hydrogen (secondary N) is 1. The molecule has 0 radical (unpaired) electrons. The third kappa shape index (κ3) is 3.49. The van der Waals surface area contributed by atoms with Crippen molar-refractivity contribution >= 4 is 23.7 Å². The molecule has 1 N–H and O–H groups in total. The van der Waals surface area contributed by atoms with Gasteiger partial charge in [0.1, 0.15) is 11.1 Å². The number of hydrogen-bond donors (Lipinski definition) is 1. The molecule has 2 atom stereocenters. The van der Waals surface area contributed by atoms with Crippen molar-refractivity contribution < 1.29 is 19.1 Å². The summed E-state index contributed by atoms with van der Waals surface area (Å²) in [5, 5.41) is 2.56. The molecule has 17 heavy (non-hydrogen) atoms. The summed E-state index contributed by atoms with van der Waals surface area (Å²) in [5.74, 6) is -0.475. The number of esters is 1. The van der Waals surface area contributed by atoms with E-state index in [1.807, 2.05) is 6.92 Å². The Balaban J connectivity index is 2.59. The van der Waals surface area contributed by atoms with Crippen LogP contribution in [0.25, 0.3) is 0 Å². The maximum absolute atomic E-state index is 11.7. The number of ether oxygens (including phenoxy) is 2. The highest BCUT2D eigenvalue weighted by Gasteiger charge is 2.60. The zero-order chi connectivity index (χ0) is 13.3. The van der Waals surface area contributed by atoms with E-state index in [1.165, 1.54) is 0 Å². The van der Waals surface area contributed by atoms with E-state index >= 15 is 0 Å². The van der Waals surface area contributed by atoms with E-state index in [9.17, 15) is 9.59 Å². The highest BCUT2D eigenvalue weighted by molar-refractivity contribution is 6.17. The summed E-state index contributed by atoms with van der Waals surface area (Å²) in [6.07, 6.45) is -0.0736. The van der Waals surface area contributed by atoms with Crippen molar-refractivity contribution in [3.63, 3.8) is 0 Å². The topological polar surface area (TPSA) is 64.6 Å². The first kappa shape index (κ1) is 14.1. The quantitative estimate of drug-likeness (QED) is 0.625. The number of rotatable bonds is 3. The fraction of sp³-hybridized carbons (Fsp3) is 0.818. The molecule has 1 rings (SSSR count). The third-order valence-electron chi connectivity index (χ3n) is 2.58. The van der Waals surface area contributed by atoms with Gasteiger partial charge in [-0.3, -0.25) is 0 Å². The van der Waals surface area contributed by atoms with Gasteiger partial charge in [-0.1, -0.05) is 18.5 Å². The molecule has 0 bridgehead atoms. The van der Waals surface area contributed by atoms with Gasteiger partial charge in [0.2, 0.25) is 0 Å². The van der Waals surface area contributed by atoms with E-state index in [4.69, 9.17) is 21.1 Å². The zero-order valence-corrected chi connectivity index (χ0v) is 11.3. The van der Waals surface area contributed by atoms with E-state index in [-0.39, 0.29) is 12.0 Å². The molecule has 1 amide bonds. The summed E-state index contributed by atoms with van der Waals surface area (Å²) in [7, 11) is 0. The van der Waals surface area contributed by atoms with Crippen LogP contribution in [-0.2, 0) is 14.3 Å². The van der Waals surface area contributed by atoms with Crippen LogP contribution in [0.3, 0.4) is 0 Å². The fourth-order valence-corrected chi connectivity index (χ4v) is 1.70. The molecule has 2 unspecified atom stereocenters. The lowest BCUT2D eigenvalue weighted by Crippen LogP contribution is -2.47. The smallest absolute Gasteiger partial charge is 0.408 e. The molecule has 98 valence electrons. The maximum atomic E-state index is 11.7. The summed E-state index contributed by atoms with van der Waals surface area (Å²) in [4.78, 5) is 23.3. The van der Waals surface area contributed by atoms with Gasteiger partial charge in [0, 0.05) is 0 Å². The van der Waals surface area contributed by atoms with Gasteiger partial charge < -0.3 is 14.8 Å². The first-order valence-electron chi connectivity index (χ1n) is 5.45. The number of amides is 1. The molecule has 0 aromatic heterocycles.